The Kier molecular flexibility index (Phi) is 4.18. The van der Waals surface area contributed by atoms with Gasteiger partial charge < -0.3 is 5.32 Å². The van der Waals surface area contributed by atoms with E-state index in [9.17, 15) is 4.79 Å². The van der Waals surface area contributed by atoms with Gasteiger partial charge in [-0.3, -0.25) is 9.69 Å². The Hall–Kier alpha value is -0.870. The molecule has 0 saturated carbocycles. The molecule has 0 aliphatic carbocycles. The molecule has 0 atom stereocenters. The molecule has 0 spiro atoms. The first-order valence-corrected chi connectivity index (χ1v) is 6.73. The number of amides is 1. The Bertz CT molecular complexity index is 414. The van der Waals surface area contributed by atoms with Crippen LogP contribution in [-0.4, -0.2) is 30.4 Å². The van der Waals surface area contributed by atoms with Gasteiger partial charge in [-0.05, 0) is 56.6 Å². The normalized spacial score (nSPS) is 16.1. The molecule has 1 heterocycles. The first-order chi connectivity index (χ1) is 8.15. The van der Waals surface area contributed by atoms with E-state index in [1.807, 2.05) is 25.1 Å². The number of carbonyl (C=O) groups excluding carboxylic acids is 1. The van der Waals surface area contributed by atoms with Gasteiger partial charge in [0.05, 0.1) is 6.54 Å². The molecule has 92 valence electrons. The molecule has 0 unspecified atom stereocenters. The zero-order valence-corrected chi connectivity index (χ0v) is 11.6. The van der Waals surface area contributed by atoms with E-state index in [0.29, 0.717) is 6.54 Å². The molecule has 0 radical (unpaired) electrons. The van der Waals surface area contributed by atoms with Gasteiger partial charge in [-0.1, -0.05) is 15.9 Å². The summed E-state index contributed by atoms with van der Waals surface area (Å²) in [6.45, 7) is 4.62. The number of nitrogens with zero attached hydrogens (tertiary/aromatic N) is 1. The van der Waals surface area contributed by atoms with E-state index < -0.39 is 0 Å². The van der Waals surface area contributed by atoms with E-state index in [4.69, 9.17) is 0 Å². The number of halogens is 1. The van der Waals surface area contributed by atoms with Crippen molar-refractivity contribution in [1.82, 2.24) is 4.90 Å². The summed E-state index contributed by atoms with van der Waals surface area (Å²) in [7, 11) is 0. The van der Waals surface area contributed by atoms with Gasteiger partial charge in [0.2, 0.25) is 5.91 Å². The van der Waals surface area contributed by atoms with Crippen molar-refractivity contribution in [3.05, 3.63) is 28.2 Å². The highest BCUT2D eigenvalue weighted by Gasteiger charge is 2.15. The summed E-state index contributed by atoms with van der Waals surface area (Å²) < 4.78 is 1.06. The fraction of sp³-hybridized carbons (Fsp3) is 0.462. The molecule has 1 N–H and O–H groups in total. The SMILES string of the molecule is Cc1cc(NC(=O)CN2CCCC2)ccc1Br. The van der Waals surface area contributed by atoms with Crippen LogP contribution in [0.4, 0.5) is 5.69 Å². The molecule has 1 amide bonds. The largest absolute Gasteiger partial charge is 0.325 e. The van der Waals surface area contributed by atoms with Crippen molar-refractivity contribution in [3.63, 3.8) is 0 Å². The third kappa shape index (κ3) is 3.54. The van der Waals surface area contributed by atoms with Crippen LogP contribution in [0.3, 0.4) is 0 Å². The standard InChI is InChI=1S/C13H17BrN2O/c1-10-8-11(4-5-12(10)14)15-13(17)9-16-6-2-3-7-16/h4-5,8H,2-3,6-7,9H2,1H3,(H,15,17). The number of likely N-dealkylation sites (tertiary alicyclic amines) is 1. The minimum absolute atomic E-state index is 0.0774. The number of nitrogens with one attached hydrogen (secondary N) is 1. The summed E-state index contributed by atoms with van der Waals surface area (Å²) in [6, 6.07) is 5.85. The second kappa shape index (κ2) is 5.65. The summed E-state index contributed by atoms with van der Waals surface area (Å²) >= 11 is 3.45. The van der Waals surface area contributed by atoms with Crippen molar-refractivity contribution < 1.29 is 4.79 Å². The minimum Gasteiger partial charge on any atom is -0.325 e. The van der Waals surface area contributed by atoms with Crippen LogP contribution < -0.4 is 5.32 Å². The van der Waals surface area contributed by atoms with Crippen molar-refractivity contribution in [3.8, 4) is 0 Å². The first kappa shape index (κ1) is 12.6. The van der Waals surface area contributed by atoms with Gasteiger partial charge in [0.1, 0.15) is 0 Å². The zero-order chi connectivity index (χ0) is 12.3. The lowest BCUT2D eigenvalue weighted by Crippen LogP contribution is -2.30. The second-order valence-electron chi connectivity index (χ2n) is 4.50. The first-order valence-electron chi connectivity index (χ1n) is 5.93. The van der Waals surface area contributed by atoms with E-state index in [1.165, 1.54) is 12.8 Å². The van der Waals surface area contributed by atoms with Crippen molar-refractivity contribution in [2.24, 2.45) is 0 Å². The van der Waals surface area contributed by atoms with Crippen LogP contribution >= 0.6 is 15.9 Å². The van der Waals surface area contributed by atoms with Gasteiger partial charge >= 0.3 is 0 Å². The lowest BCUT2D eigenvalue weighted by molar-refractivity contribution is -0.117. The van der Waals surface area contributed by atoms with Gasteiger partial charge in [-0.2, -0.15) is 0 Å². The number of hydrogen-bond acceptors (Lipinski definition) is 2. The summed E-state index contributed by atoms with van der Waals surface area (Å²) in [6.07, 6.45) is 2.43. The van der Waals surface area contributed by atoms with Gasteiger partial charge in [0, 0.05) is 10.2 Å². The molecule has 1 aromatic carbocycles. The molecule has 1 aliphatic rings. The van der Waals surface area contributed by atoms with E-state index in [2.05, 4.69) is 26.1 Å². The highest BCUT2D eigenvalue weighted by molar-refractivity contribution is 9.10. The number of hydrogen-bond donors (Lipinski definition) is 1. The molecule has 17 heavy (non-hydrogen) atoms. The summed E-state index contributed by atoms with van der Waals surface area (Å²) in [5, 5.41) is 2.94. The second-order valence-corrected chi connectivity index (χ2v) is 5.35. The summed E-state index contributed by atoms with van der Waals surface area (Å²) in [5.41, 5.74) is 2.00. The average Bonchev–Trinajstić information content (AvgIpc) is 2.76. The Morgan fingerprint density at radius 1 is 1.41 bits per heavy atom. The third-order valence-electron chi connectivity index (χ3n) is 3.01. The van der Waals surface area contributed by atoms with Crippen molar-refractivity contribution in [2.45, 2.75) is 19.8 Å². The van der Waals surface area contributed by atoms with Crippen LogP contribution in [0.25, 0.3) is 0 Å². The number of anilines is 1. The van der Waals surface area contributed by atoms with E-state index in [0.717, 1.165) is 28.8 Å². The van der Waals surface area contributed by atoms with Crippen LogP contribution in [-0.2, 0) is 4.79 Å². The Morgan fingerprint density at radius 2 is 2.12 bits per heavy atom. The third-order valence-corrected chi connectivity index (χ3v) is 3.90. The molecule has 3 nitrogen and oxygen atoms in total. The quantitative estimate of drug-likeness (QED) is 0.930. The van der Waals surface area contributed by atoms with Gasteiger partial charge in [-0.25, -0.2) is 0 Å². The molecule has 1 saturated heterocycles. The number of rotatable bonds is 3. The number of benzene rings is 1. The van der Waals surface area contributed by atoms with Crippen LogP contribution in [0.15, 0.2) is 22.7 Å². The molecule has 1 fully saturated rings. The Labute approximate surface area is 110 Å². The van der Waals surface area contributed by atoms with E-state index in [-0.39, 0.29) is 5.91 Å². The summed E-state index contributed by atoms with van der Waals surface area (Å²) in [4.78, 5) is 14.0. The maximum Gasteiger partial charge on any atom is 0.238 e. The molecule has 4 heteroatoms. The molecule has 0 bridgehead atoms. The van der Waals surface area contributed by atoms with E-state index >= 15 is 0 Å². The highest BCUT2D eigenvalue weighted by atomic mass is 79.9. The molecular weight excluding hydrogens is 280 g/mol. The molecule has 1 aliphatic heterocycles. The Morgan fingerprint density at radius 3 is 2.76 bits per heavy atom. The van der Waals surface area contributed by atoms with Crippen molar-refractivity contribution in [1.29, 1.82) is 0 Å². The van der Waals surface area contributed by atoms with Gasteiger partial charge in [0.15, 0.2) is 0 Å². The smallest absolute Gasteiger partial charge is 0.238 e. The van der Waals surface area contributed by atoms with E-state index in [1.54, 1.807) is 0 Å². The van der Waals surface area contributed by atoms with Crippen molar-refractivity contribution in [2.75, 3.05) is 25.0 Å². The molecule has 2 rings (SSSR count). The maximum atomic E-state index is 11.8. The van der Waals surface area contributed by atoms with Crippen molar-refractivity contribution >= 4 is 27.5 Å². The number of carbonyl (C=O) groups is 1. The fourth-order valence-electron chi connectivity index (χ4n) is 2.07. The van der Waals surface area contributed by atoms with Crippen LogP contribution in [0.2, 0.25) is 0 Å². The van der Waals surface area contributed by atoms with Crippen LogP contribution in [0, 0.1) is 6.92 Å². The minimum atomic E-state index is 0.0774. The van der Waals surface area contributed by atoms with Gasteiger partial charge in [0.25, 0.3) is 0 Å². The molecule has 1 aromatic rings. The zero-order valence-electron chi connectivity index (χ0n) is 10.0. The monoisotopic (exact) mass is 296 g/mol. The average molecular weight is 297 g/mol. The van der Waals surface area contributed by atoms with Gasteiger partial charge in [-0.15, -0.1) is 0 Å². The fourth-order valence-corrected chi connectivity index (χ4v) is 2.31. The molecule has 0 aromatic heterocycles. The number of aryl methyl sites for hydroxylation is 1. The lowest BCUT2D eigenvalue weighted by atomic mass is 10.2. The summed E-state index contributed by atoms with van der Waals surface area (Å²) in [5.74, 6) is 0.0774. The van der Waals surface area contributed by atoms with Crippen LogP contribution in [0.1, 0.15) is 18.4 Å². The predicted molar refractivity (Wildman–Crippen MR) is 73.2 cm³/mol. The molecular formula is C13H17BrN2O. The van der Waals surface area contributed by atoms with Crippen LogP contribution in [0.5, 0.6) is 0 Å². The maximum absolute atomic E-state index is 11.8. The lowest BCUT2D eigenvalue weighted by Gasteiger charge is -2.14. The Balaban J connectivity index is 1.90. The predicted octanol–water partition coefficient (Wildman–Crippen LogP) is 2.79. The topological polar surface area (TPSA) is 32.3 Å². The highest BCUT2D eigenvalue weighted by Crippen LogP contribution is 2.20.